The Morgan fingerprint density at radius 3 is 2.39 bits per heavy atom. The molecule has 0 aliphatic heterocycles. The number of pyridine rings is 1. The van der Waals surface area contributed by atoms with E-state index in [-0.39, 0.29) is 5.75 Å². The van der Waals surface area contributed by atoms with Crippen molar-refractivity contribution in [1.29, 1.82) is 0 Å². The monoisotopic (exact) mass is 302 g/mol. The van der Waals surface area contributed by atoms with Gasteiger partial charge in [0.15, 0.2) is 0 Å². The first-order valence-corrected chi connectivity index (χ1v) is 7.24. The van der Waals surface area contributed by atoms with Gasteiger partial charge in [0.2, 0.25) is 5.88 Å². The fourth-order valence-electron chi connectivity index (χ4n) is 2.70. The van der Waals surface area contributed by atoms with Crippen LogP contribution in [0.15, 0.2) is 66.9 Å². The SMILES string of the molecule is Nc1cccnc1Oc1ccc2c(ccc3cc(O)ccc32)c1. The summed E-state index contributed by atoms with van der Waals surface area (Å²) in [4.78, 5) is 4.14. The molecule has 4 aromatic rings. The number of hydrogen-bond acceptors (Lipinski definition) is 4. The van der Waals surface area contributed by atoms with Crippen LogP contribution < -0.4 is 10.5 Å². The Morgan fingerprint density at radius 1 is 0.870 bits per heavy atom. The van der Waals surface area contributed by atoms with Crippen LogP contribution in [0.4, 0.5) is 5.69 Å². The van der Waals surface area contributed by atoms with E-state index in [0.29, 0.717) is 17.3 Å². The average Bonchev–Trinajstić information content (AvgIpc) is 2.56. The molecule has 0 radical (unpaired) electrons. The zero-order valence-corrected chi connectivity index (χ0v) is 12.2. The molecule has 0 fully saturated rings. The predicted molar refractivity (Wildman–Crippen MR) is 91.8 cm³/mol. The van der Waals surface area contributed by atoms with Gasteiger partial charge in [0.1, 0.15) is 11.5 Å². The second kappa shape index (κ2) is 5.18. The molecule has 0 aliphatic carbocycles. The Balaban J connectivity index is 1.81. The van der Waals surface area contributed by atoms with Gasteiger partial charge in [-0.05, 0) is 57.9 Å². The van der Waals surface area contributed by atoms with E-state index in [1.165, 1.54) is 0 Å². The maximum atomic E-state index is 9.60. The molecule has 4 heteroatoms. The second-order valence-corrected chi connectivity index (χ2v) is 5.35. The number of hydrogen-bond donors (Lipinski definition) is 2. The predicted octanol–water partition coefficient (Wildman–Crippen LogP) is 4.47. The molecule has 0 atom stereocenters. The number of aromatic hydroxyl groups is 1. The summed E-state index contributed by atoms with van der Waals surface area (Å²) in [6.07, 6.45) is 1.65. The van der Waals surface area contributed by atoms with Crippen LogP contribution in [0, 0.1) is 0 Å². The lowest BCUT2D eigenvalue weighted by molar-refractivity contribution is 0.466. The number of benzene rings is 3. The zero-order chi connectivity index (χ0) is 15.8. The van der Waals surface area contributed by atoms with Crippen molar-refractivity contribution in [2.75, 3.05) is 5.73 Å². The lowest BCUT2D eigenvalue weighted by Gasteiger charge is -2.09. The van der Waals surface area contributed by atoms with Crippen LogP contribution in [0.5, 0.6) is 17.4 Å². The average molecular weight is 302 g/mol. The van der Waals surface area contributed by atoms with Crippen molar-refractivity contribution in [1.82, 2.24) is 4.98 Å². The Kier molecular flexibility index (Phi) is 3.01. The van der Waals surface area contributed by atoms with E-state index in [0.717, 1.165) is 21.5 Å². The summed E-state index contributed by atoms with van der Waals surface area (Å²) in [5.41, 5.74) is 6.36. The minimum absolute atomic E-state index is 0.266. The van der Waals surface area contributed by atoms with Gasteiger partial charge in [-0.25, -0.2) is 4.98 Å². The second-order valence-electron chi connectivity index (χ2n) is 5.35. The van der Waals surface area contributed by atoms with Crippen molar-refractivity contribution < 1.29 is 9.84 Å². The summed E-state index contributed by atoms with van der Waals surface area (Å²) < 4.78 is 5.77. The third kappa shape index (κ3) is 2.40. The van der Waals surface area contributed by atoms with Gasteiger partial charge in [-0.15, -0.1) is 0 Å². The molecule has 23 heavy (non-hydrogen) atoms. The number of phenols is 1. The molecule has 1 aromatic heterocycles. The van der Waals surface area contributed by atoms with Crippen molar-refractivity contribution in [2.45, 2.75) is 0 Å². The van der Waals surface area contributed by atoms with E-state index in [4.69, 9.17) is 10.5 Å². The van der Waals surface area contributed by atoms with Crippen LogP contribution in [0.2, 0.25) is 0 Å². The van der Waals surface area contributed by atoms with Crippen molar-refractivity contribution in [3.05, 3.63) is 66.9 Å². The number of nitrogen functional groups attached to an aromatic ring is 1. The minimum atomic E-state index is 0.266. The third-order valence-electron chi connectivity index (χ3n) is 3.81. The molecule has 0 saturated carbocycles. The summed E-state index contributed by atoms with van der Waals surface area (Å²) in [5, 5.41) is 13.8. The molecular formula is C19H14N2O2. The van der Waals surface area contributed by atoms with Gasteiger partial charge in [-0.3, -0.25) is 0 Å². The van der Waals surface area contributed by atoms with Crippen LogP contribution in [-0.2, 0) is 0 Å². The standard InChI is InChI=1S/C19H14N2O2/c20-18-2-1-9-21-19(18)23-15-6-8-17-13(11-15)4-3-12-10-14(22)5-7-16(12)17/h1-11,22H,20H2. The van der Waals surface area contributed by atoms with Crippen LogP contribution in [0.3, 0.4) is 0 Å². The molecule has 0 spiro atoms. The van der Waals surface area contributed by atoms with Gasteiger partial charge in [0.05, 0.1) is 5.69 Å². The van der Waals surface area contributed by atoms with Crippen LogP contribution in [0.25, 0.3) is 21.5 Å². The Labute approximate surface area is 132 Å². The van der Waals surface area contributed by atoms with Crippen LogP contribution >= 0.6 is 0 Å². The van der Waals surface area contributed by atoms with Gasteiger partial charge >= 0.3 is 0 Å². The molecule has 0 saturated heterocycles. The van der Waals surface area contributed by atoms with E-state index in [1.54, 1.807) is 30.5 Å². The highest BCUT2D eigenvalue weighted by Gasteiger charge is 2.06. The minimum Gasteiger partial charge on any atom is -0.508 e. The van der Waals surface area contributed by atoms with Gasteiger partial charge in [0.25, 0.3) is 0 Å². The van der Waals surface area contributed by atoms with E-state index < -0.39 is 0 Å². The normalized spacial score (nSPS) is 11.0. The quantitative estimate of drug-likeness (QED) is 0.536. The van der Waals surface area contributed by atoms with E-state index in [1.807, 2.05) is 36.4 Å². The highest BCUT2D eigenvalue weighted by molar-refractivity contribution is 6.08. The van der Waals surface area contributed by atoms with Crippen molar-refractivity contribution in [3.63, 3.8) is 0 Å². The third-order valence-corrected chi connectivity index (χ3v) is 3.81. The largest absolute Gasteiger partial charge is 0.508 e. The van der Waals surface area contributed by atoms with Crippen molar-refractivity contribution >= 4 is 27.2 Å². The summed E-state index contributed by atoms with van der Waals surface area (Å²) >= 11 is 0. The Bertz CT molecular complexity index is 1030. The number of fused-ring (bicyclic) bond motifs is 3. The number of phenolic OH excluding ortho intramolecular Hbond substituents is 1. The molecule has 4 rings (SSSR count). The van der Waals surface area contributed by atoms with Crippen LogP contribution in [-0.4, -0.2) is 10.1 Å². The highest BCUT2D eigenvalue weighted by atomic mass is 16.5. The maximum absolute atomic E-state index is 9.60. The summed E-state index contributed by atoms with van der Waals surface area (Å²) in [7, 11) is 0. The Morgan fingerprint density at radius 2 is 1.61 bits per heavy atom. The molecule has 0 aliphatic rings. The van der Waals surface area contributed by atoms with Gasteiger partial charge in [-0.2, -0.15) is 0 Å². The fraction of sp³-hybridized carbons (Fsp3) is 0. The summed E-state index contributed by atoms with van der Waals surface area (Å²) in [6.45, 7) is 0. The first-order valence-electron chi connectivity index (χ1n) is 7.24. The van der Waals surface area contributed by atoms with Gasteiger partial charge < -0.3 is 15.6 Å². The smallest absolute Gasteiger partial charge is 0.242 e. The first-order chi connectivity index (χ1) is 11.2. The molecule has 0 amide bonds. The molecule has 112 valence electrons. The van der Waals surface area contributed by atoms with E-state index in [9.17, 15) is 5.11 Å². The number of aromatic nitrogens is 1. The number of nitrogens with zero attached hydrogens (tertiary/aromatic N) is 1. The highest BCUT2D eigenvalue weighted by Crippen LogP contribution is 2.32. The molecule has 1 heterocycles. The maximum Gasteiger partial charge on any atom is 0.242 e. The molecule has 0 unspecified atom stereocenters. The molecule has 0 bridgehead atoms. The number of nitrogens with two attached hydrogens (primary N) is 1. The molecule has 4 nitrogen and oxygen atoms in total. The Hall–Kier alpha value is -3.27. The van der Waals surface area contributed by atoms with Crippen LogP contribution in [0.1, 0.15) is 0 Å². The molecule has 3 aromatic carbocycles. The molecular weight excluding hydrogens is 288 g/mol. The van der Waals surface area contributed by atoms with E-state index in [2.05, 4.69) is 4.98 Å². The van der Waals surface area contributed by atoms with Gasteiger partial charge in [-0.1, -0.05) is 24.3 Å². The number of anilines is 1. The van der Waals surface area contributed by atoms with Crippen molar-refractivity contribution in [2.24, 2.45) is 0 Å². The molecule has 3 N–H and O–H groups in total. The van der Waals surface area contributed by atoms with Gasteiger partial charge in [0, 0.05) is 6.20 Å². The summed E-state index contributed by atoms with van der Waals surface area (Å²) in [6, 6.07) is 18.7. The topological polar surface area (TPSA) is 68.4 Å². The lowest BCUT2D eigenvalue weighted by atomic mass is 10.0. The lowest BCUT2D eigenvalue weighted by Crippen LogP contribution is -1.94. The first kappa shape index (κ1) is 13.4. The summed E-state index contributed by atoms with van der Waals surface area (Å²) in [5.74, 6) is 1.35. The van der Waals surface area contributed by atoms with E-state index >= 15 is 0 Å². The zero-order valence-electron chi connectivity index (χ0n) is 12.2. The fourth-order valence-corrected chi connectivity index (χ4v) is 2.70. The van der Waals surface area contributed by atoms with Crippen molar-refractivity contribution in [3.8, 4) is 17.4 Å². The number of ether oxygens (including phenoxy) is 1. The number of rotatable bonds is 2.